The van der Waals surface area contributed by atoms with Gasteiger partial charge in [0.05, 0.1) is 12.7 Å². The van der Waals surface area contributed by atoms with Gasteiger partial charge in [-0.2, -0.15) is 13.2 Å². The van der Waals surface area contributed by atoms with Gasteiger partial charge in [0, 0.05) is 6.08 Å². The number of rotatable bonds is 4. The largest absolute Gasteiger partial charge is 0.497 e. The Kier molecular flexibility index (Phi) is 4.76. The molecule has 0 saturated heterocycles. The second kappa shape index (κ2) is 6.09. The Morgan fingerprint density at radius 1 is 1.28 bits per heavy atom. The molecule has 0 N–H and O–H groups in total. The number of alkyl halides is 3. The molecular formula is C12H11F3O3. The minimum Gasteiger partial charge on any atom is -0.497 e. The minimum absolute atomic E-state index is 0.0221. The Morgan fingerprint density at radius 2 is 1.89 bits per heavy atom. The van der Waals surface area contributed by atoms with Gasteiger partial charge in [-0.1, -0.05) is 0 Å². The maximum atomic E-state index is 11.7. The Hall–Kier alpha value is -1.98. The lowest BCUT2D eigenvalue weighted by Gasteiger charge is -2.03. The first-order chi connectivity index (χ1) is 8.42. The quantitative estimate of drug-likeness (QED) is 0.616. The average molecular weight is 260 g/mol. The molecule has 0 aliphatic rings. The maximum Gasteiger partial charge on any atom is 0.409 e. The zero-order valence-electron chi connectivity index (χ0n) is 9.53. The Bertz CT molecular complexity index is 421. The van der Waals surface area contributed by atoms with E-state index in [-0.39, 0.29) is 11.6 Å². The first kappa shape index (κ1) is 14.1. The molecule has 6 heteroatoms. The molecule has 0 amide bonds. The Balaban J connectivity index is 2.48. The van der Waals surface area contributed by atoms with E-state index in [1.807, 2.05) is 0 Å². The first-order valence-electron chi connectivity index (χ1n) is 4.98. The molecule has 0 unspecified atom stereocenters. The second-order valence-electron chi connectivity index (χ2n) is 3.27. The molecule has 1 aromatic rings. The number of hydrogen-bond acceptors (Lipinski definition) is 3. The zero-order chi connectivity index (χ0) is 13.6. The number of allylic oxidation sites excluding steroid dienone is 1. The highest BCUT2D eigenvalue weighted by Crippen LogP contribution is 2.16. The van der Waals surface area contributed by atoms with E-state index in [9.17, 15) is 18.0 Å². The lowest BCUT2D eigenvalue weighted by atomic mass is 10.2. The zero-order valence-corrected chi connectivity index (χ0v) is 9.53. The van der Waals surface area contributed by atoms with Crippen LogP contribution in [0.5, 0.6) is 5.75 Å². The van der Waals surface area contributed by atoms with Gasteiger partial charge < -0.3 is 9.47 Å². The van der Waals surface area contributed by atoms with Crippen molar-refractivity contribution in [3.8, 4) is 5.75 Å². The van der Waals surface area contributed by atoms with Crippen LogP contribution in [-0.4, -0.2) is 25.9 Å². The van der Waals surface area contributed by atoms with E-state index < -0.39 is 18.8 Å². The molecule has 1 aromatic carbocycles. The topological polar surface area (TPSA) is 35.5 Å². The van der Waals surface area contributed by atoms with Crippen molar-refractivity contribution in [2.75, 3.05) is 13.7 Å². The summed E-state index contributed by atoms with van der Waals surface area (Å²) in [5.41, 5.74) is 0.246. The summed E-state index contributed by atoms with van der Waals surface area (Å²) in [6.45, 7) is -0.426. The monoisotopic (exact) mass is 260 g/mol. The lowest BCUT2D eigenvalue weighted by Crippen LogP contribution is -2.06. The van der Waals surface area contributed by atoms with Gasteiger partial charge in [0.1, 0.15) is 12.4 Å². The SMILES string of the molecule is COc1ccc(C(=O)OC/C=C/C(F)(F)F)cc1. The molecule has 0 bridgehead atoms. The van der Waals surface area contributed by atoms with Crippen molar-refractivity contribution >= 4 is 5.97 Å². The van der Waals surface area contributed by atoms with Crippen molar-refractivity contribution in [3.63, 3.8) is 0 Å². The van der Waals surface area contributed by atoms with E-state index in [4.69, 9.17) is 4.74 Å². The van der Waals surface area contributed by atoms with Crippen LogP contribution < -0.4 is 4.74 Å². The summed E-state index contributed by atoms with van der Waals surface area (Å²) in [5, 5.41) is 0. The van der Waals surface area contributed by atoms with E-state index in [1.54, 1.807) is 12.1 Å². The van der Waals surface area contributed by atoms with Gasteiger partial charge in [-0.3, -0.25) is 0 Å². The number of hydrogen-bond donors (Lipinski definition) is 0. The normalized spacial score (nSPS) is 11.6. The van der Waals surface area contributed by atoms with Crippen LogP contribution in [0.2, 0.25) is 0 Å². The van der Waals surface area contributed by atoms with Crippen molar-refractivity contribution in [2.45, 2.75) is 6.18 Å². The van der Waals surface area contributed by atoms with Gasteiger partial charge in [0.15, 0.2) is 0 Å². The number of carbonyl (C=O) groups is 1. The van der Waals surface area contributed by atoms with Crippen LogP contribution in [0.1, 0.15) is 10.4 Å². The van der Waals surface area contributed by atoms with Gasteiger partial charge in [0.2, 0.25) is 0 Å². The van der Waals surface area contributed by atoms with Crippen LogP contribution in [0, 0.1) is 0 Å². The number of methoxy groups -OCH3 is 1. The molecule has 0 aliphatic heterocycles. The highest BCUT2D eigenvalue weighted by molar-refractivity contribution is 5.89. The molecule has 1 rings (SSSR count). The first-order valence-corrected chi connectivity index (χ1v) is 4.98. The number of ether oxygens (including phenoxy) is 2. The highest BCUT2D eigenvalue weighted by atomic mass is 19.4. The summed E-state index contributed by atoms with van der Waals surface area (Å²) < 4.78 is 44.8. The molecule has 18 heavy (non-hydrogen) atoms. The molecule has 0 fully saturated rings. The third-order valence-corrected chi connectivity index (χ3v) is 1.94. The standard InChI is InChI=1S/C12H11F3O3/c1-17-10-5-3-9(4-6-10)11(16)18-8-2-7-12(13,14)15/h2-7H,8H2,1H3/b7-2+. The predicted octanol–water partition coefficient (Wildman–Crippen LogP) is 2.97. The molecule has 0 heterocycles. The van der Waals surface area contributed by atoms with Crippen molar-refractivity contribution in [2.24, 2.45) is 0 Å². The predicted molar refractivity (Wildman–Crippen MR) is 58.5 cm³/mol. The minimum atomic E-state index is -4.40. The molecular weight excluding hydrogens is 249 g/mol. The fourth-order valence-corrected chi connectivity index (χ4v) is 1.12. The van der Waals surface area contributed by atoms with Gasteiger partial charge in [-0.05, 0) is 30.3 Å². The van der Waals surface area contributed by atoms with Crippen LogP contribution in [0.4, 0.5) is 13.2 Å². The second-order valence-corrected chi connectivity index (χ2v) is 3.27. The number of halogens is 3. The molecule has 0 spiro atoms. The van der Waals surface area contributed by atoms with Crippen molar-refractivity contribution in [3.05, 3.63) is 42.0 Å². The summed E-state index contributed by atoms with van der Waals surface area (Å²) in [6, 6.07) is 6.05. The summed E-state index contributed by atoms with van der Waals surface area (Å²) in [6.07, 6.45) is -3.64. The number of benzene rings is 1. The van der Waals surface area contributed by atoms with E-state index in [0.717, 1.165) is 6.08 Å². The van der Waals surface area contributed by atoms with Crippen molar-refractivity contribution in [1.82, 2.24) is 0 Å². The van der Waals surface area contributed by atoms with E-state index in [2.05, 4.69) is 4.74 Å². The third kappa shape index (κ3) is 4.90. The van der Waals surface area contributed by atoms with Crippen LogP contribution in [0.3, 0.4) is 0 Å². The van der Waals surface area contributed by atoms with E-state index >= 15 is 0 Å². The summed E-state index contributed by atoms with van der Waals surface area (Å²) in [5.74, 6) is -0.118. The molecule has 0 saturated carbocycles. The molecule has 0 aliphatic carbocycles. The highest BCUT2D eigenvalue weighted by Gasteiger charge is 2.21. The fraction of sp³-hybridized carbons (Fsp3) is 0.250. The Labute approximate surface area is 102 Å². The third-order valence-electron chi connectivity index (χ3n) is 1.94. The van der Waals surface area contributed by atoms with Crippen LogP contribution >= 0.6 is 0 Å². The number of esters is 1. The fourth-order valence-electron chi connectivity index (χ4n) is 1.12. The smallest absolute Gasteiger partial charge is 0.409 e. The molecule has 3 nitrogen and oxygen atoms in total. The van der Waals surface area contributed by atoms with Crippen molar-refractivity contribution in [1.29, 1.82) is 0 Å². The summed E-state index contributed by atoms with van der Waals surface area (Å²) >= 11 is 0. The van der Waals surface area contributed by atoms with Gasteiger partial charge in [0.25, 0.3) is 0 Å². The van der Waals surface area contributed by atoms with Crippen LogP contribution in [-0.2, 0) is 4.74 Å². The molecule has 0 atom stereocenters. The molecule has 98 valence electrons. The lowest BCUT2D eigenvalue weighted by molar-refractivity contribution is -0.0802. The van der Waals surface area contributed by atoms with Crippen molar-refractivity contribution < 1.29 is 27.4 Å². The molecule has 0 radical (unpaired) electrons. The van der Waals surface area contributed by atoms with E-state index in [0.29, 0.717) is 5.75 Å². The van der Waals surface area contributed by atoms with Crippen LogP contribution in [0.15, 0.2) is 36.4 Å². The van der Waals surface area contributed by atoms with Gasteiger partial charge in [-0.25, -0.2) is 4.79 Å². The van der Waals surface area contributed by atoms with Crippen LogP contribution in [0.25, 0.3) is 0 Å². The maximum absolute atomic E-state index is 11.7. The Morgan fingerprint density at radius 3 is 2.39 bits per heavy atom. The molecule has 0 aromatic heterocycles. The number of carbonyl (C=O) groups excluding carboxylic acids is 1. The van der Waals surface area contributed by atoms with Gasteiger partial charge >= 0.3 is 12.1 Å². The van der Waals surface area contributed by atoms with E-state index in [1.165, 1.54) is 19.2 Å². The summed E-state index contributed by atoms with van der Waals surface area (Å²) in [7, 11) is 1.48. The van der Waals surface area contributed by atoms with Gasteiger partial charge in [-0.15, -0.1) is 0 Å². The summed E-state index contributed by atoms with van der Waals surface area (Å²) in [4.78, 5) is 11.4. The average Bonchev–Trinajstić information content (AvgIpc) is 2.33.